The number of carbonyl (C=O) groups is 2. The first-order valence-electron chi connectivity index (χ1n) is 11.2. The summed E-state index contributed by atoms with van der Waals surface area (Å²) in [5.74, 6) is 0.147. The van der Waals surface area contributed by atoms with Crippen LogP contribution in [-0.4, -0.2) is 48.8 Å². The molecule has 4 rings (SSSR count). The van der Waals surface area contributed by atoms with Gasteiger partial charge < -0.3 is 24.8 Å². The van der Waals surface area contributed by atoms with Gasteiger partial charge in [0, 0.05) is 13.0 Å². The number of benzene rings is 3. The second kappa shape index (κ2) is 10.3. The zero-order valence-electron chi connectivity index (χ0n) is 19.2. The fourth-order valence-corrected chi connectivity index (χ4v) is 4.44. The Morgan fingerprint density at radius 2 is 1.62 bits per heavy atom. The molecule has 0 saturated carbocycles. The van der Waals surface area contributed by atoms with E-state index in [2.05, 4.69) is 5.32 Å². The lowest BCUT2D eigenvalue weighted by atomic mass is 9.88. The number of methoxy groups -OCH3 is 2. The van der Waals surface area contributed by atoms with Crippen LogP contribution in [0.15, 0.2) is 72.8 Å². The predicted octanol–water partition coefficient (Wildman–Crippen LogP) is 4.06. The number of rotatable bonds is 7. The number of carbonyl (C=O) groups excluding carboxylic acids is 1. The molecule has 0 aliphatic carbocycles. The van der Waals surface area contributed by atoms with Gasteiger partial charge in [0.1, 0.15) is 6.04 Å². The Morgan fingerprint density at radius 1 is 1.00 bits per heavy atom. The van der Waals surface area contributed by atoms with E-state index in [4.69, 9.17) is 9.47 Å². The summed E-state index contributed by atoms with van der Waals surface area (Å²) in [5.41, 5.74) is 3.77. The lowest BCUT2D eigenvalue weighted by Gasteiger charge is -2.38. The number of hydrogen-bond donors (Lipinski definition) is 2. The molecule has 7 nitrogen and oxygen atoms in total. The smallest absolute Gasteiger partial charge is 0.326 e. The molecule has 0 saturated heterocycles. The number of carboxylic acids is 1. The zero-order chi connectivity index (χ0) is 24.1. The maximum atomic E-state index is 13.5. The number of hydrogen-bond acceptors (Lipinski definition) is 4. The molecular weight excluding hydrogens is 432 g/mol. The van der Waals surface area contributed by atoms with Crippen molar-refractivity contribution in [3.05, 3.63) is 95.1 Å². The molecule has 1 aliphatic rings. The SMILES string of the molecule is COc1cc2c(cc1OC)C(c1ccccc1)N(C(=O)N[C@@H](Cc1ccccc1)C(=O)O)CC2. The van der Waals surface area contributed by atoms with Gasteiger partial charge in [-0.2, -0.15) is 0 Å². The molecule has 2 N–H and O–H groups in total. The molecule has 2 atom stereocenters. The lowest BCUT2D eigenvalue weighted by molar-refractivity contribution is -0.139. The van der Waals surface area contributed by atoms with Crippen LogP contribution >= 0.6 is 0 Å². The summed E-state index contributed by atoms with van der Waals surface area (Å²) in [6.07, 6.45) is 0.816. The van der Waals surface area contributed by atoms with Crippen LogP contribution in [0.4, 0.5) is 4.79 Å². The number of aliphatic carboxylic acids is 1. The Bertz CT molecular complexity index is 1150. The van der Waals surface area contributed by atoms with Gasteiger partial charge in [0.05, 0.1) is 20.3 Å². The number of nitrogens with zero attached hydrogens (tertiary/aromatic N) is 1. The average molecular weight is 461 g/mol. The Balaban J connectivity index is 1.67. The van der Waals surface area contributed by atoms with E-state index < -0.39 is 24.1 Å². The predicted molar refractivity (Wildman–Crippen MR) is 128 cm³/mol. The minimum atomic E-state index is -1.07. The fraction of sp³-hybridized carbons (Fsp3) is 0.259. The molecule has 1 heterocycles. The molecule has 7 heteroatoms. The van der Waals surface area contributed by atoms with Crippen molar-refractivity contribution in [2.24, 2.45) is 0 Å². The van der Waals surface area contributed by atoms with Crippen LogP contribution in [0.5, 0.6) is 11.5 Å². The molecule has 0 fully saturated rings. The molecule has 0 radical (unpaired) electrons. The number of amides is 2. The van der Waals surface area contributed by atoms with E-state index in [1.54, 1.807) is 19.1 Å². The minimum absolute atomic E-state index is 0.202. The number of nitrogens with one attached hydrogen (secondary N) is 1. The summed E-state index contributed by atoms with van der Waals surface area (Å²) in [7, 11) is 3.18. The fourth-order valence-electron chi connectivity index (χ4n) is 4.44. The Labute approximate surface area is 198 Å². The highest BCUT2D eigenvalue weighted by Crippen LogP contribution is 2.41. The molecular formula is C27H28N2O5. The van der Waals surface area contributed by atoms with E-state index in [-0.39, 0.29) is 6.42 Å². The average Bonchev–Trinajstić information content (AvgIpc) is 2.87. The molecule has 3 aromatic carbocycles. The van der Waals surface area contributed by atoms with Gasteiger partial charge in [0.2, 0.25) is 0 Å². The molecule has 0 aromatic heterocycles. The van der Waals surface area contributed by atoms with Crippen molar-refractivity contribution >= 4 is 12.0 Å². The number of carboxylic acid groups (broad SMARTS) is 1. The quantitative estimate of drug-likeness (QED) is 0.555. The maximum absolute atomic E-state index is 13.5. The van der Waals surface area contributed by atoms with Crippen LogP contribution in [0.1, 0.15) is 28.3 Å². The highest BCUT2D eigenvalue weighted by Gasteiger charge is 2.35. The van der Waals surface area contributed by atoms with E-state index in [0.717, 1.165) is 22.3 Å². The van der Waals surface area contributed by atoms with Gasteiger partial charge in [-0.15, -0.1) is 0 Å². The van der Waals surface area contributed by atoms with Crippen molar-refractivity contribution < 1.29 is 24.2 Å². The molecule has 176 valence electrons. The van der Waals surface area contributed by atoms with Crippen molar-refractivity contribution in [3.63, 3.8) is 0 Å². The largest absolute Gasteiger partial charge is 0.493 e. The maximum Gasteiger partial charge on any atom is 0.326 e. The van der Waals surface area contributed by atoms with Gasteiger partial charge in [-0.05, 0) is 40.8 Å². The molecule has 34 heavy (non-hydrogen) atoms. The summed E-state index contributed by atoms with van der Waals surface area (Å²) in [6.45, 7) is 0.436. The Hall–Kier alpha value is -4.00. The molecule has 3 aromatic rings. The first-order chi connectivity index (χ1) is 16.5. The van der Waals surface area contributed by atoms with Crippen LogP contribution in [0.3, 0.4) is 0 Å². The summed E-state index contributed by atoms with van der Waals surface area (Å²) in [6, 6.07) is 21.0. The molecule has 0 spiro atoms. The first-order valence-corrected chi connectivity index (χ1v) is 11.2. The van der Waals surface area contributed by atoms with Crippen LogP contribution < -0.4 is 14.8 Å². The second-order valence-electron chi connectivity index (χ2n) is 8.19. The highest BCUT2D eigenvalue weighted by molar-refractivity contribution is 5.83. The standard InChI is InChI=1S/C27H28N2O5/c1-33-23-16-20-13-14-29(25(19-11-7-4-8-12-19)21(20)17-24(23)34-2)27(32)28-22(26(30)31)15-18-9-5-3-6-10-18/h3-12,16-17,22,25H,13-15H2,1-2H3,(H,28,32)(H,30,31)/t22-,25?/m0/s1. The second-order valence-corrected chi connectivity index (χ2v) is 8.19. The molecule has 0 bridgehead atoms. The van der Waals surface area contributed by atoms with E-state index in [1.165, 1.54) is 0 Å². The molecule has 2 amide bonds. The number of urea groups is 1. The summed E-state index contributed by atoms with van der Waals surface area (Å²) in [4.78, 5) is 27.1. The van der Waals surface area contributed by atoms with Crippen molar-refractivity contribution in [1.29, 1.82) is 0 Å². The molecule has 1 unspecified atom stereocenters. The number of ether oxygens (including phenoxy) is 2. The monoisotopic (exact) mass is 460 g/mol. The summed E-state index contributed by atoms with van der Waals surface area (Å²) < 4.78 is 11.0. The normalized spacial score (nSPS) is 15.7. The Kier molecular flexibility index (Phi) is 7.01. The van der Waals surface area contributed by atoms with Gasteiger partial charge in [-0.1, -0.05) is 60.7 Å². The van der Waals surface area contributed by atoms with Gasteiger partial charge in [-0.3, -0.25) is 0 Å². The van der Waals surface area contributed by atoms with E-state index in [0.29, 0.717) is 24.5 Å². The van der Waals surface area contributed by atoms with Gasteiger partial charge in [0.15, 0.2) is 11.5 Å². The third-order valence-electron chi connectivity index (χ3n) is 6.13. The van der Waals surface area contributed by atoms with Crippen molar-refractivity contribution in [1.82, 2.24) is 10.2 Å². The van der Waals surface area contributed by atoms with Crippen LogP contribution in [-0.2, 0) is 17.6 Å². The van der Waals surface area contributed by atoms with E-state index >= 15 is 0 Å². The van der Waals surface area contributed by atoms with Gasteiger partial charge in [0.25, 0.3) is 0 Å². The first kappa shape index (κ1) is 23.2. The third kappa shape index (κ3) is 4.83. The highest BCUT2D eigenvalue weighted by atomic mass is 16.5. The minimum Gasteiger partial charge on any atom is -0.493 e. The third-order valence-corrected chi connectivity index (χ3v) is 6.13. The number of fused-ring (bicyclic) bond motifs is 1. The lowest BCUT2D eigenvalue weighted by Crippen LogP contribution is -2.51. The van der Waals surface area contributed by atoms with Crippen molar-refractivity contribution in [2.45, 2.75) is 24.9 Å². The van der Waals surface area contributed by atoms with Crippen LogP contribution in [0, 0.1) is 0 Å². The van der Waals surface area contributed by atoms with Gasteiger partial charge in [-0.25, -0.2) is 9.59 Å². The van der Waals surface area contributed by atoms with Crippen molar-refractivity contribution in [3.8, 4) is 11.5 Å². The molecule has 1 aliphatic heterocycles. The van der Waals surface area contributed by atoms with E-state index in [1.807, 2.05) is 72.8 Å². The zero-order valence-corrected chi connectivity index (χ0v) is 19.2. The van der Waals surface area contributed by atoms with E-state index in [9.17, 15) is 14.7 Å². The topological polar surface area (TPSA) is 88.1 Å². The summed E-state index contributed by atoms with van der Waals surface area (Å²) >= 11 is 0. The van der Waals surface area contributed by atoms with Crippen LogP contribution in [0.2, 0.25) is 0 Å². The Morgan fingerprint density at radius 3 is 2.24 bits per heavy atom. The van der Waals surface area contributed by atoms with Crippen LogP contribution in [0.25, 0.3) is 0 Å². The van der Waals surface area contributed by atoms with Crippen molar-refractivity contribution in [2.75, 3.05) is 20.8 Å². The van der Waals surface area contributed by atoms with Gasteiger partial charge >= 0.3 is 12.0 Å². The summed E-state index contributed by atoms with van der Waals surface area (Å²) in [5, 5.41) is 12.5.